The van der Waals surface area contributed by atoms with Crippen LogP contribution in [0, 0.1) is 20.8 Å². The molecule has 1 N–H and O–H groups in total. The summed E-state index contributed by atoms with van der Waals surface area (Å²) in [5.74, 6) is 0.981. The van der Waals surface area contributed by atoms with Crippen molar-refractivity contribution in [3.63, 3.8) is 0 Å². The number of aryl methyl sites for hydroxylation is 2. The Bertz CT molecular complexity index is 1010. The summed E-state index contributed by atoms with van der Waals surface area (Å²) in [4.78, 5) is 11.5. The maximum absolute atomic E-state index is 5.66. The minimum atomic E-state index is 0.0208. The van der Waals surface area contributed by atoms with E-state index in [1.54, 1.807) is 0 Å². The highest BCUT2D eigenvalue weighted by atomic mass is 32.1. The van der Waals surface area contributed by atoms with Gasteiger partial charge in [0.25, 0.3) is 0 Å². The number of hydrogen-bond donors (Lipinski definition) is 1. The SMILES string of the molecule is CCN1C(=S)N[C@@H](c2ccccn2)[C@@H]1c1cc(C)n(-c2ncccc2C)c1C. The molecule has 1 aliphatic heterocycles. The maximum atomic E-state index is 5.66. The number of thiocarbonyl (C=S) groups is 1. The Morgan fingerprint density at radius 3 is 2.54 bits per heavy atom. The predicted octanol–water partition coefficient (Wildman–Crippen LogP) is 4.18. The fourth-order valence-corrected chi connectivity index (χ4v) is 4.58. The molecule has 6 heteroatoms. The summed E-state index contributed by atoms with van der Waals surface area (Å²) in [5.41, 5.74) is 5.78. The molecular formula is C22H25N5S. The van der Waals surface area contributed by atoms with Gasteiger partial charge in [-0.05, 0) is 75.3 Å². The minimum absolute atomic E-state index is 0.0208. The second kappa shape index (κ2) is 7.36. The van der Waals surface area contributed by atoms with E-state index >= 15 is 0 Å². The molecule has 4 heterocycles. The second-order valence-corrected chi connectivity index (χ2v) is 7.61. The Morgan fingerprint density at radius 2 is 1.86 bits per heavy atom. The van der Waals surface area contributed by atoms with Gasteiger partial charge in [-0.3, -0.25) is 4.98 Å². The van der Waals surface area contributed by atoms with Gasteiger partial charge in [-0.1, -0.05) is 12.1 Å². The van der Waals surface area contributed by atoms with Crippen molar-refractivity contribution in [1.82, 2.24) is 24.8 Å². The summed E-state index contributed by atoms with van der Waals surface area (Å²) in [6.45, 7) is 9.39. The third-order valence-electron chi connectivity index (χ3n) is 5.52. The average Bonchev–Trinajstić information content (AvgIpc) is 3.18. The van der Waals surface area contributed by atoms with Crippen molar-refractivity contribution < 1.29 is 0 Å². The molecule has 0 unspecified atom stereocenters. The molecule has 0 amide bonds. The van der Waals surface area contributed by atoms with Gasteiger partial charge in [0.1, 0.15) is 5.82 Å². The van der Waals surface area contributed by atoms with Crippen LogP contribution in [0.2, 0.25) is 0 Å². The molecule has 0 saturated carbocycles. The first kappa shape index (κ1) is 18.6. The van der Waals surface area contributed by atoms with Crippen LogP contribution in [0.3, 0.4) is 0 Å². The van der Waals surface area contributed by atoms with Crippen LogP contribution in [-0.2, 0) is 0 Å². The second-order valence-electron chi connectivity index (χ2n) is 7.22. The van der Waals surface area contributed by atoms with Gasteiger partial charge in [-0.25, -0.2) is 4.98 Å². The van der Waals surface area contributed by atoms with Gasteiger partial charge >= 0.3 is 0 Å². The standard InChI is InChI=1S/C22H25N5S/c1-5-26-20(19(25-22(26)28)18-10-6-7-11-23-18)17-13-15(3)27(16(17)4)21-14(2)9-8-12-24-21/h6-13,19-20H,5H2,1-4H3,(H,25,28)/t19-,20-/m0/s1. The molecule has 0 bridgehead atoms. The van der Waals surface area contributed by atoms with Crippen molar-refractivity contribution in [3.05, 3.63) is 77.0 Å². The minimum Gasteiger partial charge on any atom is -0.352 e. The normalized spacial score (nSPS) is 19.1. The van der Waals surface area contributed by atoms with E-state index < -0.39 is 0 Å². The van der Waals surface area contributed by atoms with Gasteiger partial charge in [0, 0.05) is 30.3 Å². The number of hydrogen-bond acceptors (Lipinski definition) is 3. The van der Waals surface area contributed by atoms with Crippen LogP contribution in [0.4, 0.5) is 0 Å². The predicted molar refractivity (Wildman–Crippen MR) is 116 cm³/mol. The molecule has 1 saturated heterocycles. The third-order valence-corrected chi connectivity index (χ3v) is 5.87. The fourth-order valence-electron chi connectivity index (χ4n) is 4.21. The Morgan fingerprint density at radius 1 is 1.07 bits per heavy atom. The number of rotatable bonds is 4. The van der Waals surface area contributed by atoms with E-state index in [1.165, 1.54) is 17.0 Å². The van der Waals surface area contributed by atoms with Gasteiger partial charge in [0.15, 0.2) is 5.11 Å². The quantitative estimate of drug-likeness (QED) is 0.676. The first-order valence-corrected chi connectivity index (χ1v) is 10.0. The highest BCUT2D eigenvalue weighted by Gasteiger charge is 2.40. The van der Waals surface area contributed by atoms with E-state index in [9.17, 15) is 0 Å². The maximum Gasteiger partial charge on any atom is 0.170 e. The Hall–Kier alpha value is -2.73. The summed E-state index contributed by atoms with van der Waals surface area (Å²) in [5, 5.41) is 4.28. The van der Waals surface area contributed by atoms with Gasteiger partial charge in [0.2, 0.25) is 0 Å². The Labute approximate surface area is 171 Å². The van der Waals surface area contributed by atoms with E-state index in [-0.39, 0.29) is 12.1 Å². The molecule has 0 aromatic carbocycles. The van der Waals surface area contributed by atoms with Crippen molar-refractivity contribution >= 4 is 17.3 Å². The molecule has 0 radical (unpaired) electrons. The zero-order chi connectivity index (χ0) is 19.8. The molecule has 4 rings (SSSR count). The lowest BCUT2D eigenvalue weighted by atomic mass is 9.97. The highest BCUT2D eigenvalue weighted by Crippen LogP contribution is 2.41. The number of pyridine rings is 2. The van der Waals surface area contributed by atoms with E-state index in [0.717, 1.165) is 28.7 Å². The third kappa shape index (κ3) is 2.98. The molecule has 5 nitrogen and oxygen atoms in total. The van der Waals surface area contributed by atoms with Crippen LogP contribution in [-0.4, -0.2) is 31.1 Å². The van der Waals surface area contributed by atoms with Crippen LogP contribution in [0.5, 0.6) is 0 Å². The molecule has 1 fully saturated rings. The zero-order valence-corrected chi connectivity index (χ0v) is 17.5. The molecule has 28 heavy (non-hydrogen) atoms. The smallest absolute Gasteiger partial charge is 0.170 e. The Balaban J connectivity index is 1.85. The molecule has 1 aliphatic rings. The van der Waals surface area contributed by atoms with Crippen LogP contribution >= 0.6 is 12.2 Å². The lowest BCUT2D eigenvalue weighted by Gasteiger charge is -2.27. The molecule has 2 atom stereocenters. The van der Waals surface area contributed by atoms with Crippen molar-refractivity contribution in [2.24, 2.45) is 0 Å². The van der Waals surface area contributed by atoms with Crippen molar-refractivity contribution in [1.29, 1.82) is 0 Å². The van der Waals surface area contributed by atoms with Crippen molar-refractivity contribution in [3.8, 4) is 5.82 Å². The van der Waals surface area contributed by atoms with Crippen LogP contribution < -0.4 is 5.32 Å². The number of likely N-dealkylation sites (N-methyl/N-ethyl adjacent to an activating group) is 1. The van der Waals surface area contributed by atoms with Crippen LogP contribution in [0.25, 0.3) is 5.82 Å². The van der Waals surface area contributed by atoms with E-state index in [2.05, 4.69) is 70.6 Å². The topological polar surface area (TPSA) is 46.0 Å². The summed E-state index contributed by atoms with van der Waals surface area (Å²) >= 11 is 5.66. The molecule has 3 aromatic rings. The molecule has 144 valence electrons. The zero-order valence-electron chi connectivity index (χ0n) is 16.7. The molecular weight excluding hydrogens is 366 g/mol. The van der Waals surface area contributed by atoms with Gasteiger partial charge in [0.05, 0.1) is 17.8 Å². The summed E-state index contributed by atoms with van der Waals surface area (Å²) in [6.07, 6.45) is 3.69. The number of nitrogens with zero attached hydrogens (tertiary/aromatic N) is 4. The lowest BCUT2D eigenvalue weighted by molar-refractivity contribution is 0.329. The molecule has 0 aliphatic carbocycles. The number of aromatic nitrogens is 3. The highest BCUT2D eigenvalue weighted by molar-refractivity contribution is 7.80. The number of nitrogens with one attached hydrogen (secondary N) is 1. The van der Waals surface area contributed by atoms with Gasteiger partial charge < -0.3 is 14.8 Å². The van der Waals surface area contributed by atoms with E-state index in [0.29, 0.717) is 0 Å². The van der Waals surface area contributed by atoms with E-state index in [1.807, 2.05) is 30.6 Å². The first-order chi connectivity index (χ1) is 13.5. The van der Waals surface area contributed by atoms with Crippen molar-refractivity contribution in [2.45, 2.75) is 39.8 Å². The monoisotopic (exact) mass is 391 g/mol. The van der Waals surface area contributed by atoms with E-state index in [4.69, 9.17) is 12.2 Å². The fraction of sp³-hybridized carbons (Fsp3) is 0.318. The van der Waals surface area contributed by atoms with Gasteiger partial charge in [-0.15, -0.1) is 0 Å². The van der Waals surface area contributed by atoms with Gasteiger partial charge in [-0.2, -0.15) is 0 Å². The largest absolute Gasteiger partial charge is 0.352 e. The van der Waals surface area contributed by atoms with Crippen LogP contribution in [0.15, 0.2) is 48.8 Å². The average molecular weight is 392 g/mol. The first-order valence-electron chi connectivity index (χ1n) is 9.61. The summed E-state index contributed by atoms with van der Waals surface area (Å²) in [7, 11) is 0. The molecule has 3 aromatic heterocycles. The summed E-state index contributed by atoms with van der Waals surface area (Å²) in [6, 6.07) is 12.5. The lowest BCUT2D eigenvalue weighted by Crippen LogP contribution is -2.29. The van der Waals surface area contributed by atoms with Crippen molar-refractivity contribution in [2.75, 3.05) is 6.54 Å². The molecule has 0 spiro atoms. The van der Waals surface area contributed by atoms with Crippen LogP contribution in [0.1, 0.15) is 47.2 Å². The summed E-state index contributed by atoms with van der Waals surface area (Å²) < 4.78 is 2.25. The Kier molecular flexibility index (Phi) is 4.89.